The number of hydrogen-bond donors (Lipinski definition) is 0. The average molecular weight is 343 g/mol. The molecule has 1 atom stereocenters. The summed E-state index contributed by atoms with van der Waals surface area (Å²) in [6.07, 6.45) is 0.979. The molecule has 0 aliphatic carbocycles. The van der Waals surface area contributed by atoms with Gasteiger partial charge in [0.1, 0.15) is 0 Å². The molecule has 1 nitrogen and oxygen atoms in total. The third kappa shape index (κ3) is 3.11. The molecule has 1 unspecified atom stereocenters. The summed E-state index contributed by atoms with van der Waals surface area (Å²) in [5.74, 6) is 0. The van der Waals surface area contributed by atoms with Crippen LogP contribution in [0.15, 0.2) is 103 Å². The molecular formula is C23H22OSi. The van der Waals surface area contributed by atoms with Crippen LogP contribution in [0.25, 0.3) is 0 Å². The van der Waals surface area contributed by atoms with Gasteiger partial charge in [0.25, 0.3) is 8.32 Å². The van der Waals surface area contributed by atoms with E-state index >= 15 is 0 Å². The first kappa shape index (κ1) is 16.1. The molecule has 1 aliphatic heterocycles. The fourth-order valence-corrected chi connectivity index (χ4v) is 7.90. The van der Waals surface area contributed by atoms with Gasteiger partial charge in [-0.1, -0.05) is 103 Å². The number of hydrogen-bond acceptors (Lipinski definition) is 1. The van der Waals surface area contributed by atoms with Crippen molar-refractivity contribution in [1.82, 2.24) is 0 Å². The minimum Gasteiger partial charge on any atom is -0.400 e. The van der Waals surface area contributed by atoms with Gasteiger partial charge in [0.05, 0.1) is 6.10 Å². The van der Waals surface area contributed by atoms with Crippen molar-refractivity contribution in [3.05, 3.63) is 109 Å². The molecule has 0 saturated carbocycles. The Morgan fingerprint density at radius 2 is 1.20 bits per heavy atom. The van der Waals surface area contributed by atoms with Crippen molar-refractivity contribution in [3.63, 3.8) is 0 Å². The zero-order chi connectivity index (χ0) is 17.1. The zero-order valence-electron chi connectivity index (χ0n) is 14.3. The van der Waals surface area contributed by atoms with Gasteiger partial charge < -0.3 is 4.43 Å². The lowest BCUT2D eigenvalue weighted by Gasteiger charge is -2.41. The Balaban J connectivity index is 1.84. The first-order valence-corrected chi connectivity index (χ1v) is 10.9. The quantitative estimate of drug-likeness (QED) is 0.504. The van der Waals surface area contributed by atoms with Crippen molar-refractivity contribution >= 4 is 18.7 Å². The van der Waals surface area contributed by atoms with E-state index in [1.54, 1.807) is 0 Å². The summed E-state index contributed by atoms with van der Waals surface area (Å²) >= 11 is 0. The lowest BCUT2D eigenvalue weighted by molar-refractivity contribution is 0.190. The molecule has 25 heavy (non-hydrogen) atoms. The summed E-state index contributed by atoms with van der Waals surface area (Å²) in [5, 5.41) is 2.64. The monoisotopic (exact) mass is 342 g/mol. The van der Waals surface area contributed by atoms with Crippen LogP contribution in [0.3, 0.4) is 0 Å². The summed E-state index contributed by atoms with van der Waals surface area (Å²) in [5.41, 5.74) is 2.53. The molecule has 0 spiro atoms. The van der Waals surface area contributed by atoms with E-state index in [2.05, 4.69) is 97.6 Å². The molecule has 1 aliphatic rings. The molecule has 0 amide bonds. The predicted molar refractivity (Wildman–Crippen MR) is 107 cm³/mol. The molecule has 3 aromatic carbocycles. The van der Waals surface area contributed by atoms with Crippen LogP contribution >= 0.6 is 0 Å². The van der Waals surface area contributed by atoms with E-state index < -0.39 is 8.32 Å². The minimum atomic E-state index is -2.34. The minimum absolute atomic E-state index is 0.0783. The second-order valence-electron chi connectivity index (χ2n) is 6.71. The second-order valence-corrected chi connectivity index (χ2v) is 10.1. The highest BCUT2D eigenvalue weighted by molar-refractivity contribution is 6.98. The van der Waals surface area contributed by atoms with Gasteiger partial charge >= 0.3 is 0 Å². The maximum absolute atomic E-state index is 6.98. The van der Waals surface area contributed by atoms with Crippen LogP contribution in [-0.2, 0) is 4.43 Å². The van der Waals surface area contributed by atoms with Gasteiger partial charge in [-0.15, -0.1) is 0 Å². The van der Waals surface area contributed by atoms with Crippen LogP contribution < -0.4 is 10.4 Å². The third-order valence-electron chi connectivity index (χ3n) is 4.97. The fourth-order valence-electron chi connectivity index (χ4n) is 3.79. The van der Waals surface area contributed by atoms with Gasteiger partial charge in [-0.3, -0.25) is 0 Å². The molecule has 0 radical (unpaired) electrons. The maximum atomic E-state index is 6.98. The van der Waals surface area contributed by atoms with Crippen molar-refractivity contribution in [1.29, 1.82) is 0 Å². The molecule has 2 heteroatoms. The van der Waals surface area contributed by atoms with E-state index in [-0.39, 0.29) is 6.10 Å². The SMILES string of the molecule is C=C1CC(c2ccccc2)O[Si](c2ccccc2)(c2ccccc2)C1. The summed E-state index contributed by atoms with van der Waals surface area (Å²) < 4.78 is 6.98. The molecule has 1 heterocycles. The van der Waals surface area contributed by atoms with Crippen LogP contribution in [0.5, 0.6) is 0 Å². The smallest absolute Gasteiger partial charge is 0.260 e. The Bertz CT molecular complexity index is 804. The lowest BCUT2D eigenvalue weighted by Crippen LogP contribution is -2.62. The van der Waals surface area contributed by atoms with E-state index in [0.717, 1.165) is 12.5 Å². The Morgan fingerprint density at radius 3 is 1.72 bits per heavy atom. The Kier molecular flexibility index (Phi) is 4.39. The molecule has 124 valence electrons. The number of rotatable bonds is 3. The summed E-state index contributed by atoms with van der Waals surface area (Å²) in [6.45, 7) is 4.39. The molecule has 0 bridgehead atoms. The standard InChI is InChI=1S/C23H22OSi/c1-19-17-23(20-11-5-2-6-12-20)24-25(18-19,21-13-7-3-8-14-21)22-15-9-4-10-16-22/h2-16,23H,1,17-18H2. The highest BCUT2D eigenvalue weighted by atomic mass is 28.4. The largest absolute Gasteiger partial charge is 0.400 e. The first-order valence-electron chi connectivity index (χ1n) is 8.78. The number of benzene rings is 3. The van der Waals surface area contributed by atoms with E-state index in [1.165, 1.54) is 21.5 Å². The van der Waals surface area contributed by atoms with Crippen molar-refractivity contribution in [2.45, 2.75) is 18.6 Å². The van der Waals surface area contributed by atoms with Crippen molar-refractivity contribution < 1.29 is 4.43 Å². The van der Waals surface area contributed by atoms with Gasteiger partial charge in [0.15, 0.2) is 0 Å². The fraction of sp³-hybridized carbons (Fsp3) is 0.130. The van der Waals surface area contributed by atoms with Crippen LogP contribution in [0, 0.1) is 0 Å². The maximum Gasteiger partial charge on any atom is 0.260 e. The first-order chi connectivity index (χ1) is 12.3. The van der Waals surface area contributed by atoms with Crippen LogP contribution in [0.2, 0.25) is 6.04 Å². The molecule has 0 aromatic heterocycles. The molecule has 1 fully saturated rings. The summed E-state index contributed by atoms with van der Waals surface area (Å²) in [7, 11) is -2.34. The lowest BCUT2D eigenvalue weighted by atomic mass is 10.0. The second kappa shape index (κ2) is 6.83. The molecule has 0 N–H and O–H groups in total. The van der Waals surface area contributed by atoms with Gasteiger partial charge in [0.2, 0.25) is 0 Å². The molecular weight excluding hydrogens is 320 g/mol. The van der Waals surface area contributed by atoms with E-state index in [9.17, 15) is 0 Å². The molecule has 1 saturated heterocycles. The molecule has 4 rings (SSSR count). The third-order valence-corrected chi connectivity index (χ3v) is 9.18. The van der Waals surface area contributed by atoms with Crippen LogP contribution in [0.4, 0.5) is 0 Å². The topological polar surface area (TPSA) is 9.23 Å². The highest BCUT2D eigenvalue weighted by Crippen LogP contribution is 2.37. The Labute approximate surface area is 150 Å². The Morgan fingerprint density at radius 1 is 0.720 bits per heavy atom. The summed E-state index contributed by atoms with van der Waals surface area (Å²) in [6, 6.07) is 33.0. The van der Waals surface area contributed by atoms with E-state index in [1.807, 2.05) is 0 Å². The van der Waals surface area contributed by atoms with Crippen molar-refractivity contribution in [2.75, 3.05) is 0 Å². The van der Waals surface area contributed by atoms with Crippen LogP contribution in [0.1, 0.15) is 18.1 Å². The van der Waals surface area contributed by atoms with Crippen LogP contribution in [-0.4, -0.2) is 8.32 Å². The van der Waals surface area contributed by atoms with Gasteiger partial charge in [0, 0.05) is 0 Å². The van der Waals surface area contributed by atoms with Crippen molar-refractivity contribution in [2.24, 2.45) is 0 Å². The Hall–Kier alpha value is -2.42. The van der Waals surface area contributed by atoms with E-state index in [4.69, 9.17) is 4.43 Å². The average Bonchev–Trinajstić information content (AvgIpc) is 2.69. The van der Waals surface area contributed by atoms with Gasteiger partial charge in [-0.25, -0.2) is 0 Å². The van der Waals surface area contributed by atoms with E-state index in [0.29, 0.717) is 0 Å². The zero-order valence-corrected chi connectivity index (χ0v) is 15.3. The van der Waals surface area contributed by atoms with Crippen molar-refractivity contribution in [3.8, 4) is 0 Å². The normalized spacial score (nSPS) is 19.5. The van der Waals surface area contributed by atoms with Gasteiger partial charge in [-0.05, 0) is 28.4 Å². The highest BCUT2D eigenvalue weighted by Gasteiger charge is 2.45. The summed E-state index contributed by atoms with van der Waals surface area (Å²) in [4.78, 5) is 0. The molecule has 3 aromatic rings. The predicted octanol–water partition coefficient (Wildman–Crippen LogP) is 4.46. The van der Waals surface area contributed by atoms with Gasteiger partial charge in [-0.2, -0.15) is 0 Å².